The van der Waals surface area contributed by atoms with Crippen LogP contribution in [0.1, 0.15) is 23.8 Å². The zero-order chi connectivity index (χ0) is 10.6. The Labute approximate surface area is 92.8 Å². The molecule has 0 unspecified atom stereocenters. The highest BCUT2D eigenvalue weighted by molar-refractivity contribution is 7.99. The van der Waals surface area contributed by atoms with Gasteiger partial charge in [0, 0.05) is 7.05 Å². The van der Waals surface area contributed by atoms with Gasteiger partial charge < -0.3 is 0 Å². The Balaban J connectivity index is 2.60. The summed E-state index contributed by atoms with van der Waals surface area (Å²) in [4.78, 5) is 11.7. The Morgan fingerprint density at radius 3 is 2.93 bits per heavy atom. The molecule has 0 radical (unpaired) electrons. The third-order valence-corrected chi connectivity index (χ3v) is 3.18. The Morgan fingerprint density at radius 2 is 2.43 bits per heavy atom. The first-order chi connectivity index (χ1) is 6.66. The second-order valence-corrected chi connectivity index (χ2v) is 4.45. The van der Waals surface area contributed by atoms with Gasteiger partial charge in [-0.1, -0.05) is 18.5 Å². The molecule has 1 aromatic rings. The number of carbonyl (C=O) groups excluding carboxylic acids is 1. The number of ketones is 1. The van der Waals surface area contributed by atoms with Crippen LogP contribution in [0.2, 0.25) is 5.02 Å². The number of aromatic nitrogens is 2. The number of rotatable bonds is 5. The van der Waals surface area contributed by atoms with E-state index in [0.717, 1.165) is 12.2 Å². The van der Waals surface area contributed by atoms with Crippen LogP contribution in [0.25, 0.3) is 0 Å². The monoisotopic (exact) mass is 232 g/mol. The molecule has 78 valence electrons. The van der Waals surface area contributed by atoms with Crippen molar-refractivity contribution in [2.24, 2.45) is 7.05 Å². The van der Waals surface area contributed by atoms with Crippen molar-refractivity contribution < 1.29 is 4.79 Å². The van der Waals surface area contributed by atoms with Crippen LogP contribution in [0.15, 0.2) is 6.20 Å². The molecule has 14 heavy (non-hydrogen) atoms. The molecule has 0 saturated heterocycles. The van der Waals surface area contributed by atoms with Gasteiger partial charge in [0.2, 0.25) is 0 Å². The lowest BCUT2D eigenvalue weighted by atomic mass is 10.3. The molecule has 0 bridgehead atoms. The zero-order valence-electron chi connectivity index (χ0n) is 8.29. The van der Waals surface area contributed by atoms with Gasteiger partial charge in [0.25, 0.3) is 0 Å². The van der Waals surface area contributed by atoms with E-state index in [4.69, 9.17) is 11.6 Å². The minimum absolute atomic E-state index is 0.0495. The third-order valence-electron chi connectivity index (χ3n) is 1.74. The van der Waals surface area contributed by atoms with Crippen molar-refractivity contribution in [3.05, 3.63) is 16.9 Å². The molecule has 0 aromatic carbocycles. The number of thioether (sulfide) groups is 1. The molecule has 0 aliphatic rings. The van der Waals surface area contributed by atoms with E-state index in [1.165, 1.54) is 10.9 Å². The maximum Gasteiger partial charge on any atom is 0.192 e. The highest BCUT2D eigenvalue weighted by Gasteiger charge is 2.14. The largest absolute Gasteiger partial charge is 0.291 e. The second-order valence-electron chi connectivity index (χ2n) is 2.94. The van der Waals surface area contributed by atoms with Gasteiger partial charge in [0.05, 0.1) is 17.0 Å². The van der Waals surface area contributed by atoms with E-state index in [2.05, 4.69) is 12.0 Å². The summed E-state index contributed by atoms with van der Waals surface area (Å²) in [5, 5.41) is 4.36. The highest BCUT2D eigenvalue weighted by Crippen LogP contribution is 2.16. The average molecular weight is 233 g/mol. The quantitative estimate of drug-likeness (QED) is 0.578. The molecule has 1 heterocycles. The van der Waals surface area contributed by atoms with Gasteiger partial charge >= 0.3 is 0 Å². The van der Waals surface area contributed by atoms with Gasteiger partial charge in [-0.25, -0.2) is 0 Å². The lowest BCUT2D eigenvalue weighted by Crippen LogP contribution is -2.10. The van der Waals surface area contributed by atoms with Crippen molar-refractivity contribution in [3.8, 4) is 0 Å². The third kappa shape index (κ3) is 2.75. The fourth-order valence-electron chi connectivity index (χ4n) is 1.10. The minimum atomic E-state index is 0.0495. The fraction of sp³-hybridized carbons (Fsp3) is 0.556. The summed E-state index contributed by atoms with van der Waals surface area (Å²) in [6.07, 6.45) is 2.58. The number of nitrogens with zero attached hydrogens (tertiary/aromatic N) is 2. The maximum atomic E-state index is 11.7. The van der Waals surface area contributed by atoms with Crippen LogP contribution in [-0.2, 0) is 7.05 Å². The summed E-state index contributed by atoms with van der Waals surface area (Å²) in [7, 11) is 1.73. The predicted molar refractivity (Wildman–Crippen MR) is 60.2 cm³/mol. The molecule has 0 aliphatic carbocycles. The highest BCUT2D eigenvalue weighted by atomic mass is 35.5. The molecule has 0 N–H and O–H groups in total. The average Bonchev–Trinajstić information content (AvgIpc) is 2.46. The van der Waals surface area contributed by atoms with Crippen molar-refractivity contribution in [3.63, 3.8) is 0 Å². The lowest BCUT2D eigenvalue weighted by molar-refractivity contribution is 0.101. The normalized spacial score (nSPS) is 10.5. The number of aryl methyl sites for hydroxylation is 1. The molecule has 0 aliphatic heterocycles. The summed E-state index contributed by atoms with van der Waals surface area (Å²) in [5.41, 5.74) is 0.510. The standard InChI is InChI=1S/C9H13ClN2OS/c1-3-4-14-6-8(13)9-7(10)5-11-12(9)2/h5H,3-4,6H2,1-2H3. The van der Waals surface area contributed by atoms with E-state index in [9.17, 15) is 4.79 Å². The van der Waals surface area contributed by atoms with E-state index in [1.54, 1.807) is 18.8 Å². The Hall–Kier alpha value is -0.480. The van der Waals surface area contributed by atoms with E-state index in [-0.39, 0.29) is 5.78 Å². The topological polar surface area (TPSA) is 34.9 Å². The molecule has 0 spiro atoms. The van der Waals surface area contributed by atoms with E-state index >= 15 is 0 Å². The van der Waals surface area contributed by atoms with Gasteiger partial charge in [-0.3, -0.25) is 9.48 Å². The summed E-state index contributed by atoms with van der Waals surface area (Å²) in [6.45, 7) is 2.09. The van der Waals surface area contributed by atoms with Crippen molar-refractivity contribution in [1.29, 1.82) is 0 Å². The maximum absolute atomic E-state index is 11.7. The van der Waals surface area contributed by atoms with Crippen molar-refractivity contribution in [2.45, 2.75) is 13.3 Å². The molecule has 3 nitrogen and oxygen atoms in total. The van der Waals surface area contributed by atoms with Crippen LogP contribution in [0.5, 0.6) is 0 Å². The van der Waals surface area contributed by atoms with Crippen LogP contribution in [0, 0.1) is 0 Å². The van der Waals surface area contributed by atoms with Crippen LogP contribution in [0.4, 0.5) is 0 Å². The molecule has 0 saturated carbocycles. The number of carbonyl (C=O) groups is 1. The fourth-order valence-corrected chi connectivity index (χ4v) is 2.13. The Morgan fingerprint density at radius 1 is 1.71 bits per heavy atom. The van der Waals surface area contributed by atoms with Gasteiger partial charge in [-0.2, -0.15) is 16.9 Å². The van der Waals surface area contributed by atoms with E-state index < -0.39 is 0 Å². The molecule has 0 atom stereocenters. The number of hydrogen-bond donors (Lipinski definition) is 0. The zero-order valence-corrected chi connectivity index (χ0v) is 9.86. The van der Waals surface area contributed by atoms with Gasteiger partial charge in [0.1, 0.15) is 5.69 Å². The summed E-state index contributed by atoms with van der Waals surface area (Å²) >= 11 is 7.47. The van der Waals surface area contributed by atoms with Crippen LogP contribution < -0.4 is 0 Å². The SMILES string of the molecule is CCCSCC(=O)c1c(Cl)cnn1C. The van der Waals surface area contributed by atoms with Crippen LogP contribution in [0.3, 0.4) is 0 Å². The van der Waals surface area contributed by atoms with Crippen LogP contribution in [-0.4, -0.2) is 27.1 Å². The summed E-state index contributed by atoms with van der Waals surface area (Å²) < 4.78 is 1.52. The molecular formula is C9H13ClN2OS. The molecule has 0 amide bonds. The van der Waals surface area contributed by atoms with Gasteiger partial charge in [-0.05, 0) is 12.2 Å². The Bertz CT molecular complexity index is 305. The van der Waals surface area contributed by atoms with Crippen molar-refractivity contribution in [1.82, 2.24) is 9.78 Å². The predicted octanol–water partition coefficient (Wildman–Crippen LogP) is 2.40. The lowest BCUT2D eigenvalue weighted by Gasteiger charge is -2.01. The summed E-state index contributed by atoms with van der Waals surface area (Å²) in [5.74, 6) is 1.53. The van der Waals surface area contributed by atoms with Crippen molar-refractivity contribution >= 4 is 29.1 Å². The second kappa shape index (κ2) is 5.41. The minimum Gasteiger partial charge on any atom is -0.291 e. The first kappa shape index (κ1) is 11.6. The molecule has 5 heteroatoms. The van der Waals surface area contributed by atoms with Gasteiger partial charge in [0.15, 0.2) is 5.78 Å². The molecule has 1 aromatic heterocycles. The molecule has 0 fully saturated rings. The summed E-state index contributed by atoms with van der Waals surface area (Å²) in [6, 6.07) is 0. The van der Waals surface area contributed by atoms with E-state index in [0.29, 0.717) is 16.5 Å². The van der Waals surface area contributed by atoms with Gasteiger partial charge in [-0.15, -0.1) is 0 Å². The number of hydrogen-bond acceptors (Lipinski definition) is 3. The Kier molecular flexibility index (Phi) is 4.48. The smallest absolute Gasteiger partial charge is 0.192 e. The van der Waals surface area contributed by atoms with Crippen LogP contribution >= 0.6 is 23.4 Å². The first-order valence-corrected chi connectivity index (χ1v) is 5.98. The first-order valence-electron chi connectivity index (χ1n) is 4.45. The van der Waals surface area contributed by atoms with E-state index in [1.807, 2.05) is 0 Å². The number of halogens is 1. The molecule has 1 rings (SSSR count). The number of Topliss-reactive ketones (excluding diaryl/α,β-unsaturated/α-hetero) is 1. The molecular weight excluding hydrogens is 220 g/mol. The van der Waals surface area contributed by atoms with Crippen molar-refractivity contribution in [2.75, 3.05) is 11.5 Å².